The van der Waals surface area contributed by atoms with Gasteiger partial charge < -0.3 is 10.2 Å². The molecule has 1 aliphatic rings. The first-order valence-electron chi connectivity index (χ1n) is 6.78. The Bertz CT molecular complexity index is 639. The summed E-state index contributed by atoms with van der Waals surface area (Å²) in [5.41, 5.74) is -0.911. The lowest BCUT2D eigenvalue weighted by atomic mass is 9.98. The smallest absolute Gasteiger partial charge is 0.335 e. The Balaban J connectivity index is 2.29. The summed E-state index contributed by atoms with van der Waals surface area (Å²) in [4.78, 5) is 10.9. The molecule has 2 rings (SSSR count). The molecule has 0 radical (unpaired) electrons. The maximum Gasteiger partial charge on any atom is 0.335 e. The maximum atomic E-state index is 12.6. The number of aliphatic hydroxyl groups is 1. The van der Waals surface area contributed by atoms with E-state index in [1.807, 2.05) is 0 Å². The number of carboxylic acid groups (broad SMARTS) is 1. The molecule has 0 amide bonds. The SMILES string of the molecule is CC1(O)CCCN(S(=O)(=O)c2cccc(C(=O)O)c2)CC1. The van der Waals surface area contributed by atoms with E-state index in [9.17, 15) is 18.3 Å². The molecule has 2 N–H and O–H groups in total. The standard InChI is InChI=1S/C14H19NO5S/c1-14(18)6-3-8-15(9-7-14)21(19,20)12-5-2-4-11(10-12)13(16)17/h2,4-5,10,18H,3,6-9H2,1H3,(H,16,17). The van der Waals surface area contributed by atoms with Crippen molar-refractivity contribution in [3.8, 4) is 0 Å². The summed E-state index contributed by atoms with van der Waals surface area (Å²) in [5.74, 6) is -1.16. The highest BCUT2D eigenvalue weighted by Gasteiger charge is 2.31. The number of carbonyl (C=O) groups is 1. The minimum atomic E-state index is -3.73. The topological polar surface area (TPSA) is 94.9 Å². The first kappa shape index (κ1) is 15.9. The summed E-state index contributed by atoms with van der Waals surface area (Å²) >= 11 is 0. The lowest BCUT2D eigenvalue weighted by Gasteiger charge is -2.22. The van der Waals surface area contributed by atoms with Crippen molar-refractivity contribution in [3.05, 3.63) is 29.8 Å². The molecule has 7 heteroatoms. The van der Waals surface area contributed by atoms with Crippen molar-refractivity contribution < 1.29 is 23.4 Å². The molecule has 0 aliphatic carbocycles. The monoisotopic (exact) mass is 313 g/mol. The fraction of sp³-hybridized carbons (Fsp3) is 0.500. The van der Waals surface area contributed by atoms with E-state index in [4.69, 9.17) is 5.11 Å². The van der Waals surface area contributed by atoms with Gasteiger partial charge in [-0.25, -0.2) is 13.2 Å². The molecular weight excluding hydrogens is 294 g/mol. The van der Waals surface area contributed by atoms with Crippen molar-refractivity contribution in [1.29, 1.82) is 0 Å². The molecule has 1 atom stereocenters. The average molecular weight is 313 g/mol. The van der Waals surface area contributed by atoms with Gasteiger partial charge in [-0.05, 0) is 44.4 Å². The molecule has 0 saturated carbocycles. The van der Waals surface area contributed by atoms with Crippen LogP contribution < -0.4 is 0 Å². The van der Waals surface area contributed by atoms with Gasteiger partial charge in [0.25, 0.3) is 0 Å². The molecule has 1 heterocycles. The first-order chi connectivity index (χ1) is 9.72. The molecule has 21 heavy (non-hydrogen) atoms. The van der Waals surface area contributed by atoms with E-state index in [2.05, 4.69) is 0 Å². The zero-order chi connectivity index (χ0) is 15.7. The molecule has 6 nitrogen and oxygen atoms in total. The predicted octanol–water partition coefficient (Wildman–Crippen LogP) is 1.31. The van der Waals surface area contributed by atoms with Gasteiger partial charge in [0.2, 0.25) is 10.0 Å². The molecule has 116 valence electrons. The highest BCUT2D eigenvalue weighted by atomic mass is 32.2. The Morgan fingerprint density at radius 3 is 2.67 bits per heavy atom. The first-order valence-corrected chi connectivity index (χ1v) is 8.22. The molecule has 1 aromatic carbocycles. The molecule has 0 spiro atoms. The maximum absolute atomic E-state index is 12.6. The quantitative estimate of drug-likeness (QED) is 0.877. The Hall–Kier alpha value is -1.44. The number of sulfonamides is 1. The van der Waals surface area contributed by atoms with Crippen LogP contribution in [0.2, 0.25) is 0 Å². The lowest BCUT2D eigenvalue weighted by Crippen LogP contribution is -2.33. The molecule has 0 bridgehead atoms. The van der Waals surface area contributed by atoms with Crippen LogP contribution in [0.3, 0.4) is 0 Å². The number of hydrogen-bond acceptors (Lipinski definition) is 4. The number of hydrogen-bond donors (Lipinski definition) is 2. The largest absolute Gasteiger partial charge is 0.478 e. The molecule has 1 unspecified atom stereocenters. The zero-order valence-electron chi connectivity index (χ0n) is 11.8. The van der Waals surface area contributed by atoms with Gasteiger partial charge in [0.05, 0.1) is 16.1 Å². The number of rotatable bonds is 3. The molecule has 1 saturated heterocycles. The normalized spacial score (nSPS) is 24.5. The second-order valence-electron chi connectivity index (χ2n) is 5.59. The van der Waals surface area contributed by atoms with Gasteiger partial charge in [-0.1, -0.05) is 6.07 Å². The lowest BCUT2D eigenvalue weighted by molar-refractivity contribution is 0.0465. The van der Waals surface area contributed by atoms with Crippen molar-refractivity contribution in [2.75, 3.05) is 13.1 Å². The molecule has 1 aliphatic heterocycles. The van der Waals surface area contributed by atoms with Gasteiger partial charge in [-0.15, -0.1) is 0 Å². The van der Waals surface area contributed by atoms with E-state index in [-0.39, 0.29) is 17.0 Å². The number of benzene rings is 1. The molecule has 1 fully saturated rings. The van der Waals surface area contributed by atoms with E-state index < -0.39 is 21.6 Å². The van der Waals surface area contributed by atoms with Gasteiger partial charge in [0, 0.05) is 13.1 Å². The van der Waals surface area contributed by atoms with Crippen LogP contribution in [0.15, 0.2) is 29.2 Å². The summed E-state index contributed by atoms with van der Waals surface area (Å²) in [6.07, 6.45) is 1.49. The van der Waals surface area contributed by atoms with Gasteiger partial charge in [-0.3, -0.25) is 0 Å². The van der Waals surface area contributed by atoms with Crippen LogP contribution in [-0.4, -0.2) is 47.6 Å². The van der Waals surface area contributed by atoms with Crippen LogP contribution in [0.4, 0.5) is 0 Å². The third-order valence-electron chi connectivity index (χ3n) is 3.74. The van der Waals surface area contributed by atoms with Crippen LogP contribution in [-0.2, 0) is 10.0 Å². The van der Waals surface area contributed by atoms with Crippen LogP contribution in [0.1, 0.15) is 36.5 Å². The van der Waals surface area contributed by atoms with Gasteiger partial charge >= 0.3 is 5.97 Å². The fourth-order valence-electron chi connectivity index (χ4n) is 2.42. The second-order valence-corrected chi connectivity index (χ2v) is 7.53. The van der Waals surface area contributed by atoms with Crippen LogP contribution in [0, 0.1) is 0 Å². The highest BCUT2D eigenvalue weighted by molar-refractivity contribution is 7.89. The number of nitrogens with zero attached hydrogens (tertiary/aromatic N) is 1. The van der Waals surface area contributed by atoms with Crippen molar-refractivity contribution in [1.82, 2.24) is 4.31 Å². The predicted molar refractivity (Wildman–Crippen MR) is 76.6 cm³/mol. The molecular formula is C14H19NO5S. The molecule has 0 aromatic heterocycles. The highest BCUT2D eigenvalue weighted by Crippen LogP contribution is 2.25. The Kier molecular flexibility index (Phi) is 4.36. The van der Waals surface area contributed by atoms with Gasteiger partial charge in [-0.2, -0.15) is 4.31 Å². The fourth-order valence-corrected chi connectivity index (χ4v) is 3.94. The van der Waals surface area contributed by atoms with E-state index >= 15 is 0 Å². The van der Waals surface area contributed by atoms with Crippen molar-refractivity contribution >= 4 is 16.0 Å². The third-order valence-corrected chi connectivity index (χ3v) is 5.64. The second kappa shape index (κ2) is 5.75. The van der Waals surface area contributed by atoms with E-state index in [1.54, 1.807) is 6.92 Å². The van der Waals surface area contributed by atoms with Gasteiger partial charge in [0.15, 0.2) is 0 Å². The van der Waals surface area contributed by atoms with Crippen LogP contribution >= 0.6 is 0 Å². The average Bonchev–Trinajstić information content (AvgIpc) is 2.60. The van der Waals surface area contributed by atoms with E-state index in [1.165, 1.54) is 28.6 Å². The number of aromatic carboxylic acids is 1. The Labute approximate surface area is 124 Å². The minimum absolute atomic E-state index is 0.0241. The zero-order valence-corrected chi connectivity index (χ0v) is 12.6. The Morgan fingerprint density at radius 1 is 1.29 bits per heavy atom. The van der Waals surface area contributed by atoms with Crippen LogP contribution in [0.25, 0.3) is 0 Å². The third kappa shape index (κ3) is 3.61. The minimum Gasteiger partial charge on any atom is -0.478 e. The van der Waals surface area contributed by atoms with Crippen LogP contribution in [0.5, 0.6) is 0 Å². The van der Waals surface area contributed by atoms with Crippen molar-refractivity contribution in [3.63, 3.8) is 0 Å². The van der Waals surface area contributed by atoms with Crippen molar-refractivity contribution in [2.45, 2.75) is 36.7 Å². The van der Waals surface area contributed by atoms with E-state index in [0.717, 1.165) is 0 Å². The summed E-state index contributed by atoms with van der Waals surface area (Å²) in [6.45, 7) is 2.26. The summed E-state index contributed by atoms with van der Waals surface area (Å²) in [5, 5.41) is 19.0. The summed E-state index contributed by atoms with van der Waals surface area (Å²) in [6, 6.07) is 5.34. The van der Waals surface area contributed by atoms with Crippen molar-refractivity contribution in [2.24, 2.45) is 0 Å². The Morgan fingerprint density at radius 2 is 2.00 bits per heavy atom. The van der Waals surface area contributed by atoms with E-state index in [0.29, 0.717) is 25.8 Å². The summed E-state index contributed by atoms with van der Waals surface area (Å²) < 4.78 is 26.5. The molecule has 1 aromatic rings. The van der Waals surface area contributed by atoms with Gasteiger partial charge in [0.1, 0.15) is 0 Å². The summed E-state index contributed by atoms with van der Waals surface area (Å²) in [7, 11) is -3.73. The number of carboxylic acids is 1.